The van der Waals surface area contributed by atoms with Crippen LogP contribution in [0.4, 0.5) is 0 Å². The van der Waals surface area contributed by atoms with Gasteiger partial charge in [-0.1, -0.05) is 18.2 Å². The van der Waals surface area contributed by atoms with E-state index in [4.69, 9.17) is 5.73 Å². The number of hydrogen-bond acceptors (Lipinski definition) is 3. The summed E-state index contributed by atoms with van der Waals surface area (Å²) in [5.41, 5.74) is 7.57. The van der Waals surface area contributed by atoms with E-state index < -0.39 is 6.04 Å². The molecule has 0 bridgehead atoms. The molecule has 1 aromatic heterocycles. The third-order valence-corrected chi connectivity index (χ3v) is 2.78. The van der Waals surface area contributed by atoms with E-state index >= 15 is 0 Å². The second-order valence-corrected chi connectivity index (χ2v) is 4.46. The van der Waals surface area contributed by atoms with Gasteiger partial charge in [0.25, 0.3) is 0 Å². The fourth-order valence-corrected chi connectivity index (χ4v) is 1.70. The summed E-state index contributed by atoms with van der Waals surface area (Å²) >= 11 is 0. The van der Waals surface area contributed by atoms with Gasteiger partial charge in [0, 0.05) is 12.7 Å². The van der Waals surface area contributed by atoms with Crippen molar-refractivity contribution in [2.45, 2.75) is 19.4 Å². The van der Waals surface area contributed by atoms with Gasteiger partial charge in [-0.2, -0.15) is 5.10 Å². The lowest BCUT2D eigenvalue weighted by Gasteiger charge is -2.06. The van der Waals surface area contributed by atoms with E-state index in [-0.39, 0.29) is 5.91 Å². The van der Waals surface area contributed by atoms with Gasteiger partial charge >= 0.3 is 0 Å². The van der Waals surface area contributed by atoms with E-state index in [1.54, 1.807) is 6.92 Å². The molecule has 2 aromatic rings. The topological polar surface area (TPSA) is 72.9 Å². The Morgan fingerprint density at radius 1 is 1.42 bits per heavy atom. The second kappa shape index (κ2) is 6.15. The molecule has 100 valence electrons. The van der Waals surface area contributed by atoms with Gasteiger partial charge in [-0.15, -0.1) is 0 Å². The molecule has 0 spiro atoms. The van der Waals surface area contributed by atoms with Crippen LogP contribution in [0.1, 0.15) is 12.5 Å². The van der Waals surface area contributed by atoms with E-state index in [1.807, 2.05) is 47.4 Å². The van der Waals surface area contributed by atoms with Crippen molar-refractivity contribution < 1.29 is 4.79 Å². The lowest BCUT2D eigenvalue weighted by Crippen LogP contribution is -2.39. The molecule has 0 aliphatic carbocycles. The van der Waals surface area contributed by atoms with Crippen molar-refractivity contribution in [1.29, 1.82) is 0 Å². The molecule has 0 saturated carbocycles. The maximum Gasteiger partial charge on any atom is 0.236 e. The summed E-state index contributed by atoms with van der Waals surface area (Å²) in [4.78, 5) is 11.3. The van der Waals surface area contributed by atoms with Crippen LogP contribution in [0, 0.1) is 0 Å². The number of nitrogens with zero attached hydrogens (tertiary/aromatic N) is 2. The SMILES string of the molecule is CC(N)C(=O)NCCc1cnn(-c2ccccc2)c1. The number of carbonyl (C=O) groups excluding carboxylic acids is 1. The van der Waals surface area contributed by atoms with Crippen LogP contribution in [-0.2, 0) is 11.2 Å². The lowest BCUT2D eigenvalue weighted by atomic mass is 10.2. The van der Waals surface area contributed by atoms with Crippen LogP contribution in [0.25, 0.3) is 5.69 Å². The summed E-state index contributed by atoms with van der Waals surface area (Å²) in [5.74, 6) is -0.129. The van der Waals surface area contributed by atoms with Crippen LogP contribution in [-0.4, -0.2) is 28.3 Å². The van der Waals surface area contributed by atoms with Crippen molar-refractivity contribution in [2.75, 3.05) is 6.54 Å². The minimum Gasteiger partial charge on any atom is -0.354 e. The van der Waals surface area contributed by atoms with Crippen LogP contribution < -0.4 is 11.1 Å². The summed E-state index contributed by atoms with van der Waals surface area (Å²) in [6, 6.07) is 9.44. The number of nitrogens with one attached hydrogen (secondary N) is 1. The zero-order chi connectivity index (χ0) is 13.7. The summed E-state index contributed by atoms with van der Waals surface area (Å²) in [6.45, 7) is 2.24. The number of nitrogens with two attached hydrogens (primary N) is 1. The predicted molar refractivity (Wildman–Crippen MR) is 73.9 cm³/mol. The monoisotopic (exact) mass is 258 g/mol. The first-order valence-electron chi connectivity index (χ1n) is 6.29. The number of benzene rings is 1. The van der Waals surface area contributed by atoms with Crippen molar-refractivity contribution in [1.82, 2.24) is 15.1 Å². The highest BCUT2D eigenvalue weighted by Gasteiger charge is 2.06. The fraction of sp³-hybridized carbons (Fsp3) is 0.286. The van der Waals surface area contributed by atoms with Crippen LogP contribution in [0.15, 0.2) is 42.7 Å². The fourth-order valence-electron chi connectivity index (χ4n) is 1.70. The zero-order valence-corrected chi connectivity index (χ0v) is 10.9. The molecule has 0 fully saturated rings. The van der Waals surface area contributed by atoms with Crippen molar-refractivity contribution in [3.05, 3.63) is 48.3 Å². The van der Waals surface area contributed by atoms with Crippen molar-refractivity contribution >= 4 is 5.91 Å². The number of amides is 1. The highest BCUT2D eigenvalue weighted by atomic mass is 16.2. The quantitative estimate of drug-likeness (QED) is 0.836. The maximum atomic E-state index is 11.3. The zero-order valence-electron chi connectivity index (χ0n) is 10.9. The van der Waals surface area contributed by atoms with Crippen molar-refractivity contribution in [2.24, 2.45) is 5.73 Å². The lowest BCUT2D eigenvalue weighted by molar-refractivity contribution is -0.121. The summed E-state index contributed by atoms with van der Waals surface area (Å²) < 4.78 is 1.82. The van der Waals surface area contributed by atoms with Gasteiger partial charge in [-0.25, -0.2) is 4.68 Å². The molecule has 1 amide bonds. The molecule has 0 aliphatic heterocycles. The smallest absolute Gasteiger partial charge is 0.236 e. The Bertz CT molecular complexity index is 533. The molecule has 0 saturated heterocycles. The van der Waals surface area contributed by atoms with E-state index in [2.05, 4.69) is 10.4 Å². The Balaban J connectivity index is 1.90. The number of hydrogen-bond donors (Lipinski definition) is 2. The number of rotatable bonds is 5. The maximum absolute atomic E-state index is 11.3. The van der Waals surface area contributed by atoms with E-state index in [9.17, 15) is 4.79 Å². The highest BCUT2D eigenvalue weighted by molar-refractivity contribution is 5.80. The van der Waals surface area contributed by atoms with E-state index in [0.29, 0.717) is 6.54 Å². The third-order valence-electron chi connectivity index (χ3n) is 2.78. The molecule has 1 atom stereocenters. The molecule has 1 heterocycles. The summed E-state index contributed by atoms with van der Waals surface area (Å²) in [7, 11) is 0. The minimum atomic E-state index is -0.466. The molecule has 2 rings (SSSR count). The second-order valence-electron chi connectivity index (χ2n) is 4.46. The molecule has 5 nitrogen and oxygen atoms in total. The molecular formula is C14H18N4O. The van der Waals surface area contributed by atoms with E-state index in [0.717, 1.165) is 17.7 Å². The first-order valence-corrected chi connectivity index (χ1v) is 6.29. The minimum absolute atomic E-state index is 0.129. The average molecular weight is 258 g/mol. The average Bonchev–Trinajstić information content (AvgIpc) is 2.88. The molecule has 0 aliphatic rings. The van der Waals surface area contributed by atoms with E-state index in [1.165, 1.54) is 0 Å². The third kappa shape index (κ3) is 3.66. The Morgan fingerprint density at radius 3 is 2.84 bits per heavy atom. The molecule has 5 heteroatoms. The highest BCUT2D eigenvalue weighted by Crippen LogP contribution is 2.07. The Kier molecular flexibility index (Phi) is 4.30. The van der Waals surface area contributed by atoms with Crippen LogP contribution in [0.5, 0.6) is 0 Å². The van der Waals surface area contributed by atoms with Crippen LogP contribution >= 0.6 is 0 Å². The molecule has 3 N–H and O–H groups in total. The number of aromatic nitrogens is 2. The normalized spacial score (nSPS) is 12.1. The summed E-state index contributed by atoms with van der Waals surface area (Å²) in [5, 5.41) is 7.08. The molecule has 1 aromatic carbocycles. The standard InChI is InChI=1S/C14H18N4O/c1-11(15)14(19)16-8-7-12-9-17-18(10-12)13-5-3-2-4-6-13/h2-6,9-11H,7-8,15H2,1H3,(H,16,19). The van der Waals surface area contributed by atoms with Gasteiger partial charge in [0.2, 0.25) is 5.91 Å². The van der Waals surface area contributed by atoms with Crippen LogP contribution in [0.3, 0.4) is 0 Å². The van der Waals surface area contributed by atoms with Gasteiger partial charge in [-0.3, -0.25) is 4.79 Å². The van der Waals surface area contributed by atoms with Gasteiger partial charge in [0.05, 0.1) is 17.9 Å². The summed E-state index contributed by atoms with van der Waals surface area (Å²) in [6.07, 6.45) is 4.52. The Labute approximate surface area is 112 Å². The Morgan fingerprint density at radius 2 is 2.16 bits per heavy atom. The van der Waals surface area contributed by atoms with Crippen molar-refractivity contribution in [3.8, 4) is 5.69 Å². The molecule has 1 unspecified atom stereocenters. The predicted octanol–water partition coefficient (Wildman–Crippen LogP) is 0.878. The van der Waals surface area contributed by atoms with Crippen LogP contribution in [0.2, 0.25) is 0 Å². The van der Waals surface area contributed by atoms with Gasteiger partial charge in [0.1, 0.15) is 0 Å². The van der Waals surface area contributed by atoms with Gasteiger partial charge in [-0.05, 0) is 31.0 Å². The van der Waals surface area contributed by atoms with Crippen molar-refractivity contribution in [3.63, 3.8) is 0 Å². The number of para-hydroxylation sites is 1. The Hall–Kier alpha value is -2.14. The molecular weight excluding hydrogens is 240 g/mol. The largest absolute Gasteiger partial charge is 0.354 e. The number of carbonyl (C=O) groups is 1. The molecule has 0 radical (unpaired) electrons. The van der Waals surface area contributed by atoms with Gasteiger partial charge in [0.15, 0.2) is 0 Å². The first kappa shape index (κ1) is 13.3. The van der Waals surface area contributed by atoms with Gasteiger partial charge < -0.3 is 11.1 Å². The molecule has 19 heavy (non-hydrogen) atoms. The first-order chi connectivity index (χ1) is 9.16.